The molecule has 1 aliphatic rings. The lowest BCUT2D eigenvalue weighted by atomic mass is 10.2. The minimum absolute atomic E-state index is 0.0427. The fourth-order valence-electron chi connectivity index (χ4n) is 3.45. The SMILES string of the molecule is Cc1cc([N+](=O)[O-])ccc1NC(=O)CNc1cccc(S(=O)(=O)C2CCCC2)c1. The van der Waals surface area contributed by atoms with E-state index in [1.54, 1.807) is 31.2 Å². The molecule has 3 rings (SSSR count). The first-order valence-electron chi connectivity index (χ1n) is 9.40. The molecule has 8 nitrogen and oxygen atoms in total. The van der Waals surface area contributed by atoms with Crippen molar-refractivity contribution in [1.82, 2.24) is 0 Å². The Labute approximate surface area is 169 Å². The topological polar surface area (TPSA) is 118 Å². The zero-order valence-electron chi connectivity index (χ0n) is 16.1. The van der Waals surface area contributed by atoms with Crippen LogP contribution in [0.4, 0.5) is 17.1 Å². The molecule has 2 aromatic carbocycles. The fraction of sp³-hybridized carbons (Fsp3) is 0.350. The lowest BCUT2D eigenvalue weighted by Crippen LogP contribution is -2.22. The Morgan fingerprint density at radius 3 is 2.55 bits per heavy atom. The third-order valence-electron chi connectivity index (χ3n) is 5.05. The molecule has 0 unspecified atom stereocenters. The number of hydrogen-bond donors (Lipinski definition) is 2. The maximum absolute atomic E-state index is 12.7. The number of aryl methyl sites for hydroxylation is 1. The van der Waals surface area contributed by atoms with Crippen molar-refractivity contribution < 1.29 is 18.1 Å². The lowest BCUT2D eigenvalue weighted by molar-refractivity contribution is -0.384. The standard InChI is InChI=1S/C20H23N3O5S/c1-14-11-16(23(25)26)9-10-19(14)22-20(24)13-21-15-5-4-8-18(12-15)29(27,28)17-6-2-3-7-17/h4-5,8-12,17,21H,2-3,6-7,13H2,1H3,(H,22,24). The number of anilines is 2. The summed E-state index contributed by atoms with van der Waals surface area (Å²) in [4.78, 5) is 22.8. The molecule has 1 saturated carbocycles. The summed E-state index contributed by atoms with van der Waals surface area (Å²) >= 11 is 0. The normalized spacial score (nSPS) is 14.5. The average molecular weight is 417 g/mol. The number of amides is 1. The number of carbonyl (C=O) groups excluding carboxylic acids is 1. The summed E-state index contributed by atoms with van der Waals surface area (Å²) in [5.41, 5.74) is 1.57. The van der Waals surface area contributed by atoms with Crippen LogP contribution < -0.4 is 10.6 Å². The largest absolute Gasteiger partial charge is 0.376 e. The van der Waals surface area contributed by atoms with Crippen molar-refractivity contribution in [1.29, 1.82) is 0 Å². The monoisotopic (exact) mass is 417 g/mol. The van der Waals surface area contributed by atoms with E-state index in [1.807, 2.05) is 0 Å². The number of rotatable bonds is 7. The Bertz CT molecular complexity index is 1030. The Morgan fingerprint density at radius 1 is 1.17 bits per heavy atom. The van der Waals surface area contributed by atoms with E-state index < -0.39 is 14.8 Å². The molecule has 0 heterocycles. The Hall–Kier alpha value is -2.94. The molecule has 1 aliphatic carbocycles. The zero-order valence-corrected chi connectivity index (χ0v) is 16.9. The van der Waals surface area contributed by atoms with Crippen LogP contribution in [0.2, 0.25) is 0 Å². The second-order valence-corrected chi connectivity index (χ2v) is 9.37. The van der Waals surface area contributed by atoms with Gasteiger partial charge in [-0.05, 0) is 49.6 Å². The van der Waals surface area contributed by atoms with Gasteiger partial charge in [0.1, 0.15) is 0 Å². The molecular formula is C20H23N3O5S. The van der Waals surface area contributed by atoms with E-state index in [9.17, 15) is 23.3 Å². The average Bonchev–Trinajstić information content (AvgIpc) is 3.24. The van der Waals surface area contributed by atoms with Gasteiger partial charge in [0.2, 0.25) is 5.91 Å². The van der Waals surface area contributed by atoms with Gasteiger partial charge in [-0.3, -0.25) is 14.9 Å². The summed E-state index contributed by atoms with van der Waals surface area (Å²) in [7, 11) is -3.36. The van der Waals surface area contributed by atoms with Crippen LogP contribution in [0.5, 0.6) is 0 Å². The summed E-state index contributed by atoms with van der Waals surface area (Å²) in [6.45, 7) is 1.61. The Balaban J connectivity index is 1.63. The van der Waals surface area contributed by atoms with E-state index in [0.717, 1.165) is 12.8 Å². The van der Waals surface area contributed by atoms with Crippen molar-refractivity contribution in [3.8, 4) is 0 Å². The highest BCUT2D eigenvalue weighted by molar-refractivity contribution is 7.92. The van der Waals surface area contributed by atoms with E-state index in [1.165, 1.54) is 18.2 Å². The number of nitro groups is 1. The Kier molecular flexibility index (Phi) is 6.17. The van der Waals surface area contributed by atoms with Crippen molar-refractivity contribution >= 4 is 32.8 Å². The second kappa shape index (κ2) is 8.60. The summed E-state index contributed by atoms with van der Waals surface area (Å²) in [5.74, 6) is -0.342. The van der Waals surface area contributed by atoms with Gasteiger partial charge in [0.25, 0.3) is 5.69 Å². The van der Waals surface area contributed by atoms with E-state index in [-0.39, 0.29) is 28.3 Å². The van der Waals surface area contributed by atoms with E-state index >= 15 is 0 Å². The maximum Gasteiger partial charge on any atom is 0.269 e. The number of nitro benzene ring substituents is 1. The van der Waals surface area contributed by atoms with Gasteiger partial charge in [0.05, 0.1) is 21.6 Å². The van der Waals surface area contributed by atoms with Crippen LogP contribution in [-0.2, 0) is 14.6 Å². The molecule has 0 aromatic heterocycles. The Morgan fingerprint density at radius 2 is 1.90 bits per heavy atom. The van der Waals surface area contributed by atoms with Crippen LogP contribution in [-0.4, -0.2) is 31.0 Å². The number of non-ortho nitro benzene ring substituents is 1. The first-order valence-corrected chi connectivity index (χ1v) is 10.9. The number of nitrogens with one attached hydrogen (secondary N) is 2. The summed E-state index contributed by atoms with van der Waals surface area (Å²) in [6, 6.07) is 10.7. The second-order valence-electron chi connectivity index (χ2n) is 7.14. The van der Waals surface area contributed by atoms with E-state index in [4.69, 9.17) is 0 Å². The van der Waals surface area contributed by atoms with Crippen LogP contribution in [0.25, 0.3) is 0 Å². The zero-order chi connectivity index (χ0) is 21.0. The van der Waals surface area contributed by atoms with Crippen LogP contribution in [0.15, 0.2) is 47.4 Å². The van der Waals surface area contributed by atoms with Crippen molar-refractivity contribution in [2.24, 2.45) is 0 Å². The molecule has 1 fully saturated rings. The first kappa shape index (κ1) is 20.8. The number of sulfone groups is 1. The minimum Gasteiger partial charge on any atom is -0.376 e. The quantitative estimate of drug-likeness (QED) is 0.524. The number of hydrogen-bond acceptors (Lipinski definition) is 6. The lowest BCUT2D eigenvalue weighted by Gasteiger charge is -2.13. The number of benzene rings is 2. The molecular weight excluding hydrogens is 394 g/mol. The highest BCUT2D eigenvalue weighted by Crippen LogP contribution is 2.30. The minimum atomic E-state index is -3.36. The van der Waals surface area contributed by atoms with Gasteiger partial charge in [-0.1, -0.05) is 18.9 Å². The molecule has 0 spiro atoms. The van der Waals surface area contributed by atoms with Gasteiger partial charge in [-0.2, -0.15) is 0 Å². The van der Waals surface area contributed by atoms with Crippen molar-refractivity contribution in [3.05, 3.63) is 58.1 Å². The molecule has 1 amide bonds. The van der Waals surface area contributed by atoms with Gasteiger partial charge in [0.15, 0.2) is 9.84 Å². The van der Waals surface area contributed by atoms with Gasteiger partial charge < -0.3 is 10.6 Å². The molecule has 2 N–H and O–H groups in total. The third kappa shape index (κ3) is 4.92. The summed E-state index contributed by atoms with van der Waals surface area (Å²) in [5, 5.41) is 16.1. The van der Waals surface area contributed by atoms with Gasteiger partial charge in [-0.25, -0.2) is 8.42 Å². The molecule has 0 aliphatic heterocycles. The highest BCUT2D eigenvalue weighted by atomic mass is 32.2. The van der Waals surface area contributed by atoms with Crippen molar-refractivity contribution in [2.75, 3.05) is 17.2 Å². The maximum atomic E-state index is 12.7. The smallest absolute Gasteiger partial charge is 0.269 e. The fourth-order valence-corrected chi connectivity index (χ4v) is 5.35. The first-order chi connectivity index (χ1) is 13.8. The van der Waals surface area contributed by atoms with Gasteiger partial charge in [0, 0.05) is 23.5 Å². The molecule has 9 heteroatoms. The van der Waals surface area contributed by atoms with Crippen LogP contribution in [0.1, 0.15) is 31.2 Å². The molecule has 154 valence electrons. The third-order valence-corrected chi connectivity index (χ3v) is 7.31. The van der Waals surface area contributed by atoms with Crippen molar-refractivity contribution in [3.63, 3.8) is 0 Å². The predicted octanol–water partition coefficient (Wildman–Crippen LogP) is 3.67. The van der Waals surface area contributed by atoms with Crippen LogP contribution in [0, 0.1) is 17.0 Å². The van der Waals surface area contributed by atoms with Crippen LogP contribution >= 0.6 is 0 Å². The summed E-state index contributed by atoms with van der Waals surface area (Å²) in [6.07, 6.45) is 3.25. The molecule has 29 heavy (non-hydrogen) atoms. The predicted molar refractivity (Wildman–Crippen MR) is 111 cm³/mol. The molecule has 0 atom stereocenters. The number of nitrogens with zero attached hydrogens (tertiary/aromatic N) is 1. The molecule has 0 saturated heterocycles. The van der Waals surface area contributed by atoms with Gasteiger partial charge in [-0.15, -0.1) is 0 Å². The molecule has 2 aromatic rings. The van der Waals surface area contributed by atoms with Gasteiger partial charge >= 0.3 is 0 Å². The molecule has 0 bridgehead atoms. The summed E-state index contributed by atoms with van der Waals surface area (Å²) < 4.78 is 25.4. The van der Waals surface area contributed by atoms with E-state index in [2.05, 4.69) is 10.6 Å². The van der Waals surface area contributed by atoms with Crippen LogP contribution in [0.3, 0.4) is 0 Å². The number of carbonyl (C=O) groups is 1. The highest BCUT2D eigenvalue weighted by Gasteiger charge is 2.30. The van der Waals surface area contributed by atoms with E-state index in [0.29, 0.717) is 29.8 Å². The molecule has 0 radical (unpaired) electrons. The van der Waals surface area contributed by atoms with Crippen molar-refractivity contribution in [2.45, 2.75) is 42.8 Å².